The Balaban J connectivity index is 0.000000376. The van der Waals surface area contributed by atoms with Gasteiger partial charge in [0, 0.05) is 11.4 Å². The van der Waals surface area contributed by atoms with Gasteiger partial charge in [-0.3, -0.25) is 9.59 Å². The number of imidazole rings is 1. The Kier molecular flexibility index (Phi) is 13.8. The third kappa shape index (κ3) is 12.0. The first-order valence-corrected chi connectivity index (χ1v) is 14.8. The van der Waals surface area contributed by atoms with Gasteiger partial charge in [-0.05, 0) is 41.8 Å². The van der Waals surface area contributed by atoms with E-state index in [0.29, 0.717) is 18.2 Å². The molecule has 0 bridgehead atoms. The highest BCUT2D eigenvalue weighted by Crippen LogP contribution is 2.24. The van der Waals surface area contributed by atoms with Gasteiger partial charge in [0.25, 0.3) is 0 Å². The van der Waals surface area contributed by atoms with Gasteiger partial charge in [-0.25, -0.2) is 9.13 Å². The van der Waals surface area contributed by atoms with Gasteiger partial charge in [0.05, 0.1) is 38.6 Å². The van der Waals surface area contributed by atoms with Crippen molar-refractivity contribution in [1.29, 1.82) is 0 Å². The molecule has 1 aromatic heterocycles. The van der Waals surface area contributed by atoms with E-state index in [1.807, 2.05) is 42.5 Å². The molecule has 1 atom stereocenters. The lowest BCUT2D eigenvalue weighted by Gasteiger charge is -2.25. The lowest BCUT2D eigenvalue weighted by Crippen LogP contribution is -2.51. The highest BCUT2D eigenvalue weighted by Gasteiger charge is 2.34. The van der Waals surface area contributed by atoms with Crippen LogP contribution < -0.4 is 14.4 Å². The first kappa shape index (κ1) is 35.8. The van der Waals surface area contributed by atoms with Crippen LogP contribution in [0, 0.1) is 6.92 Å². The normalized spacial score (nSPS) is 11.6. The summed E-state index contributed by atoms with van der Waals surface area (Å²) in [6.07, 6.45) is 4.81. The molecule has 1 unspecified atom stereocenters. The van der Waals surface area contributed by atoms with Gasteiger partial charge in [0.15, 0.2) is 0 Å². The molecule has 0 amide bonds. The third-order valence-corrected chi connectivity index (χ3v) is 7.08. The van der Waals surface area contributed by atoms with Crippen LogP contribution in [0.15, 0.2) is 97.6 Å². The molecule has 244 valence electrons. The summed E-state index contributed by atoms with van der Waals surface area (Å²) >= 11 is 6.01. The fraction of sp³-hybridized carbons (Fsp3) is 0.294. The molecule has 3 N–H and O–H groups in total. The Morgan fingerprint density at radius 3 is 2.28 bits per heavy atom. The summed E-state index contributed by atoms with van der Waals surface area (Å²) in [6, 6.07) is 26.3. The predicted molar refractivity (Wildman–Crippen MR) is 166 cm³/mol. The molecule has 0 spiro atoms. The number of nitrogens with zero attached hydrogens (tertiary/aromatic N) is 2. The number of carboxylic acid groups (broad SMARTS) is 3. The predicted octanol–water partition coefficient (Wildman–Crippen LogP) is 3.58. The summed E-state index contributed by atoms with van der Waals surface area (Å²) in [6.45, 7) is 5.01. The van der Waals surface area contributed by atoms with Gasteiger partial charge in [-0.1, -0.05) is 72.3 Å². The van der Waals surface area contributed by atoms with Crippen LogP contribution in [0.3, 0.4) is 0 Å². The van der Waals surface area contributed by atoms with E-state index in [0.717, 1.165) is 25.3 Å². The number of aryl methyl sites for hydroxylation is 2. The number of benzene rings is 3. The van der Waals surface area contributed by atoms with Crippen LogP contribution in [0.4, 0.5) is 0 Å². The Morgan fingerprint density at radius 2 is 1.65 bits per heavy atom. The fourth-order valence-corrected chi connectivity index (χ4v) is 4.71. The van der Waals surface area contributed by atoms with Crippen LogP contribution in [-0.2, 0) is 38.8 Å². The van der Waals surface area contributed by atoms with E-state index in [9.17, 15) is 19.5 Å². The molecule has 4 rings (SSSR count). The Bertz CT molecular complexity index is 1560. The van der Waals surface area contributed by atoms with Crippen LogP contribution in [-0.4, -0.2) is 50.0 Å². The highest BCUT2D eigenvalue weighted by molar-refractivity contribution is 6.30. The topological polar surface area (TPSA) is 162 Å². The molecular formula is C34H37ClN2O9. The summed E-state index contributed by atoms with van der Waals surface area (Å²) in [5.74, 6) is -4.54. The zero-order valence-electron chi connectivity index (χ0n) is 25.3. The van der Waals surface area contributed by atoms with Crippen LogP contribution in [0.1, 0.15) is 42.1 Å². The largest absolute Gasteiger partial charge is 0.547 e. The minimum atomic E-state index is -2.85. The van der Waals surface area contributed by atoms with Gasteiger partial charge in [0.1, 0.15) is 36.4 Å². The van der Waals surface area contributed by atoms with Crippen molar-refractivity contribution in [2.45, 2.75) is 57.6 Å². The van der Waals surface area contributed by atoms with Gasteiger partial charge in [0.2, 0.25) is 6.33 Å². The molecule has 46 heavy (non-hydrogen) atoms. The van der Waals surface area contributed by atoms with Crippen molar-refractivity contribution in [3.05, 3.63) is 119 Å². The minimum Gasteiger partial charge on any atom is -0.547 e. The molecule has 0 aliphatic heterocycles. The van der Waals surface area contributed by atoms with Crippen molar-refractivity contribution in [2.75, 3.05) is 6.61 Å². The second kappa shape index (κ2) is 17.7. The first-order valence-electron chi connectivity index (χ1n) is 14.5. The number of hydrogen-bond acceptors (Lipinski definition) is 7. The lowest BCUT2D eigenvalue weighted by molar-refractivity contribution is -0.697. The van der Waals surface area contributed by atoms with Crippen molar-refractivity contribution in [3.63, 3.8) is 0 Å². The van der Waals surface area contributed by atoms with Crippen molar-refractivity contribution in [1.82, 2.24) is 4.57 Å². The van der Waals surface area contributed by atoms with Gasteiger partial charge in [-0.15, -0.1) is 0 Å². The van der Waals surface area contributed by atoms with E-state index >= 15 is 0 Å². The second-order valence-corrected chi connectivity index (χ2v) is 11.0. The van der Waals surface area contributed by atoms with E-state index in [4.69, 9.17) is 36.4 Å². The van der Waals surface area contributed by atoms with Gasteiger partial charge < -0.3 is 34.7 Å². The number of carbonyl (C=O) groups excluding carboxylic acids is 1. The minimum absolute atomic E-state index is 0.0292. The number of ether oxygens (including phenoxy) is 2. The summed E-state index contributed by atoms with van der Waals surface area (Å²) in [4.78, 5) is 30.3. The number of halogens is 1. The Hall–Kier alpha value is -4.71. The monoisotopic (exact) mass is 652 g/mol. The number of aliphatic hydroxyl groups is 1. The summed E-state index contributed by atoms with van der Waals surface area (Å²) in [5, 5.41) is 36.2. The quantitative estimate of drug-likeness (QED) is 0.121. The zero-order chi connectivity index (χ0) is 33.5. The standard InChI is InChI=1S/C28H30ClN2O2.C6H8O7/c1-23-9-5-6-14-27(23)28(33-21-24-10-3-2-4-11-24)20-31-17-16-30(22-31)15-8-18-32-26-13-7-12-25(29)19-26;7-3(8)1-6(13,5(11)12)2-4(9)10/h2-7,9-14,16-17,19,22,28H,8,15,18,20-21H2,1H3;13H,1-2H2,(H,7,8)(H,9,10)(H,11,12)/q+1;/p-1. The van der Waals surface area contributed by atoms with Gasteiger partial charge in [-0.2, -0.15) is 0 Å². The molecule has 11 nitrogen and oxygen atoms in total. The summed E-state index contributed by atoms with van der Waals surface area (Å²) < 4.78 is 16.6. The molecule has 3 aromatic carbocycles. The maximum Gasteiger partial charge on any atom is 0.306 e. The van der Waals surface area contributed by atoms with Gasteiger partial charge >= 0.3 is 11.9 Å². The number of rotatable bonds is 16. The van der Waals surface area contributed by atoms with Crippen LogP contribution >= 0.6 is 11.6 Å². The summed E-state index contributed by atoms with van der Waals surface area (Å²) in [7, 11) is 0. The molecule has 0 saturated heterocycles. The number of carboxylic acids is 3. The van der Waals surface area contributed by atoms with Crippen LogP contribution in [0.25, 0.3) is 0 Å². The van der Waals surface area contributed by atoms with Crippen molar-refractivity contribution < 1.29 is 48.9 Å². The molecule has 0 aliphatic rings. The lowest BCUT2D eigenvalue weighted by atomic mass is 9.96. The molecule has 12 heteroatoms. The third-order valence-electron chi connectivity index (χ3n) is 6.85. The van der Waals surface area contributed by atoms with E-state index in [2.05, 4.69) is 71.2 Å². The smallest absolute Gasteiger partial charge is 0.306 e. The SMILES string of the molecule is Cc1ccccc1C(Cn1cc[n+](CCCOc2cccc(Cl)c2)c1)OCc1ccccc1.O=C(O)CC(O)(CC(=O)O)C(=O)[O-]. The maximum absolute atomic E-state index is 10.2. The number of aromatic nitrogens is 2. The van der Waals surface area contributed by atoms with Crippen LogP contribution in [0.5, 0.6) is 5.75 Å². The molecule has 0 aliphatic carbocycles. The number of carbonyl (C=O) groups is 3. The first-order chi connectivity index (χ1) is 21.9. The maximum atomic E-state index is 10.2. The molecule has 1 heterocycles. The van der Waals surface area contributed by atoms with Crippen molar-refractivity contribution >= 4 is 29.5 Å². The number of hydrogen-bond donors (Lipinski definition) is 3. The van der Waals surface area contributed by atoms with E-state index in [1.54, 1.807) is 0 Å². The summed E-state index contributed by atoms with van der Waals surface area (Å²) in [5.41, 5.74) is 0.799. The van der Waals surface area contributed by atoms with E-state index in [1.165, 1.54) is 16.7 Å². The average Bonchev–Trinajstić information content (AvgIpc) is 3.45. The second-order valence-electron chi connectivity index (χ2n) is 10.6. The van der Waals surface area contributed by atoms with Crippen LogP contribution in [0.2, 0.25) is 5.02 Å². The Labute approximate surface area is 271 Å². The zero-order valence-corrected chi connectivity index (χ0v) is 26.1. The average molecular weight is 653 g/mol. The molecular weight excluding hydrogens is 616 g/mol. The highest BCUT2D eigenvalue weighted by atomic mass is 35.5. The Morgan fingerprint density at radius 1 is 0.978 bits per heavy atom. The molecule has 0 saturated carbocycles. The molecule has 0 fully saturated rings. The van der Waals surface area contributed by atoms with Crippen molar-refractivity contribution in [2.24, 2.45) is 0 Å². The van der Waals surface area contributed by atoms with E-state index < -0.39 is 36.4 Å². The van der Waals surface area contributed by atoms with Crippen molar-refractivity contribution in [3.8, 4) is 5.75 Å². The molecule has 4 aromatic rings. The fourth-order valence-electron chi connectivity index (χ4n) is 4.53. The van der Waals surface area contributed by atoms with E-state index in [-0.39, 0.29) is 6.10 Å². The number of aliphatic carboxylic acids is 3. The molecule has 0 radical (unpaired) electrons.